The molecule has 0 amide bonds. The Hall–Kier alpha value is -2.84. The zero-order valence-electron chi connectivity index (χ0n) is 14.1. The molecule has 0 aliphatic heterocycles. The number of aliphatic hydroxyl groups is 1. The van der Waals surface area contributed by atoms with Gasteiger partial charge in [0.25, 0.3) is 5.89 Å². The van der Waals surface area contributed by atoms with Crippen LogP contribution in [-0.4, -0.2) is 40.8 Å². The van der Waals surface area contributed by atoms with Gasteiger partial charge in [0.05, 0.1) is 23.2 Å². The Morgan fingerprint density at radius 1 is 1.27 bits per heavy atom. The van der Waals surface area contributed by atoms with Gasteiger partial charge in [0.15, 0.2) is 0 Å². The normalized spacial score (nSPS) is 12.0. The average Bonchev–Trinajstić information content (AvgIpc) is 3.21. The maximum absolute atomic E-state index is 9.98. The Morgan fingerprint density at radius 2 is 2.12 bits per heavy atom. The summed E-state index contributed by atoms with van der Waals surface area (Å²) >= 11 is 6.07. The smallest absolute Gasteiger partial charge is 0.261 e. The molecule has 0 aliphatic rings. The van der Waals surface area contributed by atoms with E-state index in [1.807, 2.05) is 18.2 Å². The number of hydrogen-bond donors (Lipinski definition) is 1. The van der Waals surface area contributed by atoms with E-state index in [2.05, 4.69) is 25.4 Å². The van der Waals surface area contributed by atoms with Crippen LogP contribution in [0.2, 0.25) is 5.15 Å². The molecule has 3 heterocycles. The first-order valence-corrected chi connectivity index (χ1v) is 8.29. The molecule has 0 spiro atoms. The molecule has 0 saturated heterocycles. The van der Waals surface area contributed by atoms with Crippen LogP contribution < -0.4 is 0 Å². The monoisotopic (exact) mass is 370 g/mol. The first-order valence-electron chi connectivity index (χ1n) is 7.91. The number of nitrogens with zero attached hydrogens (tertiary/aromatic N) is 6. The third-order valence-corrected chi connectivity index (χ3v) is 4.03. The minimum absolute atomic E-state index is 0.295. The van der Waals surface area contributed by atoms with Gasteiger partial charge in [0.2, 0.25) is 5.82 Å². The lowest BCUT2D eigenvalue weighted by atomic mass is 10.1. The van der Waals surface area contributed by atoms with Crippen LogP contribution >= 0.6 is 11.6 Å². The summed E-state index contributed by atoms with van der Waals surface area (Å²) < 4.78 is 6.97. The average molecular weight is 371 g/mol. The van der Waals surface area contributed by atoms with E-state index in [0.29, 0.717) is 34.5 Å². The molecule has 4 aromatic rings. The van der Waals surface area contributed by atoms with E-state index in [1.54, 1.807) is 36.9 Å². The molecule has 4 rings (SSSR count). The van der Waals surface area contributed by atoms with E-state index in [-0.39, 0.29) is 0 Å². The van der Waals surface area contributed by atoms with Crippen LogP contribution in [-0.2, 0) is 6.54 Å². The van der Waals surface area contributed by atoms with Crippen molar-refractivity contribution in [3.8, 4) is 22.8 Å². The summed E-state index contributed by atoms with van der Waals surface area (Å²) in [4.78, 5) is 8.39. The van der Waals surface area contributed by atoms with Crippen molar-refractivity contribution in [1.29, 1.82) is 0 Å². The number of aromatic nitrogens is 6. The molecule has 0 unspecified atom stereocenters. The number of rotatable bonds is 4. The summed E-state index contributed by atoms with van der Waals surface area (Å²) in [5, 5.41) is 22.5. The van der Waals surface area contributed by atoms with E-state index < -0.39 is 5.60 Å². The van der Waals surface area contributed by atoms with Crippen LogP contribution in [0.5, 0.6) is 0 Å². The summed E-state index contributed by atoms with van der Waals surface area (Å²) in [7, 11) is 0. The van der Waals surface area contributed by atoms with Crippen LogP contribution in [0.3, 0.4) is 0 Å². The van der Waals surface area contributed by atoms with Crippen molar-refractivity contribution >= 4 is 22.6 Å². The van der Waals surface area contributed by atoms with Crippen molar-refractivity contribution in [2.24, 2.45) is 0 Å². The van der Waals surface area contributed by atoms with Crippen LogP contribution in [0.1, 0.15) is 13.8 Å². The predicted molar refractivity (Wildman–Crippen MR) is 95.4 cm³/mol. The Balaban J connectivity index is 1.69. The second kappa shape index (κ2) is 6.15. The third kappa shape index (κ3) is 3.16. The van der Waals surface area contributed by atoms with Crippen molar-refractivity contribution in [3.05, 3.63) is 41.7 Å². The predicted octanol–water partition coefficient (Wildman–Crippen LogP) is 2.97. The van der Waals surface area contributed by atoms with Gasteiger partial charge in [-0.2, -0.15) is 4.98 Å². The zero-order chi connectivity index (χ0) is 18.3. The van der Waals surface area contributed by atoms with Gasteiger partial charge in [-0.3, -0.25) is 0 Å². The number of halogens is 1. The highest BCUT2D eigenvalue weighted by Crippen LogP contribution is 2.27. The lowest BCUT2D eigenvalue weighted by Crippen LogP contribution is -2.26. The van der Waals surface area contributed by atoms with Gasteiger partial charge < -0.3 is 9.63 Å². The first kappa shape index (κ1) is 16.6. The summed E-state index contributed by atoms with van der Waals surface area (Å²) in [5.74, 6) is 0.711. The molecule has 9 heteroatoms. The van der Waals surface area contributed by atoms with Crippen molar-refractivity contribution < 1.29 is 9.63 Å². The largest absolute Gasteiger partial charge is 0.389 e. The second-order valence-electron chi connectivity index (χ2n) is 6.53. The van der Waals surface area contributed by atoms with Crippen molar-refractivity contribution in [3.63, 3.8) is 0 Å². The Morgan fingerprint density at radius 3 is 2.88 bits per heavy atom. The molecule has 26 heavy (non-hydrogen) atoms. The van der Waals surface area contributed by atoms with Crippen LogP contribution in [0.15, 0.2) is 41.1 Å². The fourth-order valence-electron chi connectivity index (χ4n) is 2.59. The van der Waals surface area contributed by atoms with Gasteiger partial charge >= 0.3 is 0 Å². The Bertz CT molecular complexity index is 1080. The van der Waals surface area contributed by atoms with Gasteiger partial charge in [-0.15, -0.1) is 5.10 Å². The van der Waals surface area contributed by atoms with Crippen molar-refractivity contribution in [2.75, 3.05) is 0 Å². The van der Waals surface area contributed by atoms with Crippen molar-refractivity contribution in [1.82, 2.24) is 30.1 Å². The highest BCUT2D eigenvalue weighted by molar-refractivity contribution is 6.31. The molecule has 1 aromatic carbocycles. The third-order valence-electron chi connectivity index (χ3n) is 3.72. The van der Waals surface area contributed by atoms with E-state index in [1.165, 1.54) is 0 Å². The molecule has 0 saturated carbocycles. The second-order valence-corrected chi connectivity index (χ2v) is 6.89. The number of fused-ring (bicyclic) bond motifs is 1. The lowest BCUT2D eigenvalue weighted by Gasteiger charge is -2.16. The number of pyridine rings is 1. The summed E-state index contributed by atoms with van der Waals surface area (Å²) in [6.45, 7) is 3.79. The Labute approximate surface area is 153 Å². The topological polar surface area (TPSA) is 103 Å². The van der Waals surface area contributed by atoms with Crippen molar-refractivity contribution in [2.45, 2.75) is 26.0 Å². The standard InChI is InChI=1S/C17H15ClN6O2/c1-17(2,25)9-24-13-6-5-10(8-12(13)21-23-24)15-20-16(26-22-15)11-4-3-7-19-14(11)18/h3-8,25H,9H2,1-2H3. The lowest BCUT2D eigenvalue weighted by molar-refractivity contribution is 0.0585. The van der Waals surface area contributed by atoms with Gasteiger partial charge in [-0.25, -0.2) is 9.67 Å². The number of hydrogen-bond acceptors (Lipinski definition) is 7. The fraction of sp³-hybridized carbons (Fsp3) is 0.235. The Kier molecular flexibility index (Phi) is 3.93. The van der Waals surface area contributed by atoms with Crippen LogP contribution in [0.4, 0.5) is 0 Å². The minimum atomic E-state index is -0.884. The van der Waals surface area contributed by atoms with Gasteiger partial charge in [0, 0.05) is 11.8 Å². The minimum Gasteiger partial charge on any atom is -0.389 e. The molecular weight excluding hydrogens is 356 g/mol. The summed E-state index contributed by atoms with van der Waals surface area (Å²) in [6.07, 6.45) is 1.59. The molecule has 0 bridgehead atoms. The summed E-state index contributed by atoms with van der Waals surface area (Å²) in [5.41, 5.74) is 1.92. The molecular formula is C17H15ClN6O2. The van der Waals surface area contributed by atoms with E-state index >= 15 is 0 Å². The summed E-state index contributed by atoms with van der Waals surface area (Å²) in [6, 6.07) is 9.05. The SMILES string of the molecule is CC(C)(O)Cn1nnc2cc(-c3noc(-c4cccnc4Cl)n3)ccc21. The molecule has 0 radical (unpaired) electrons. The van der Waals surface area contributed by atoms with Crippen LogP contribution in [0, 0.1) is 0 Å². The maximum atomic E-state index is 9.98. The van der Waals surface area contributed by atoms with E-state index in [0.717, 1.165) is 11.1 Å². The van der Waals surface area contributed by atoms with Gasteiger partial charge in [-0.05, 0) is 44.2 Å². The highest BCUT2D eigenvalue weighted by Gasteiger charge is 2.18. The first-order chi connectivity index (χ1) is 12.4. The van der Waals surface area contributed by atoms with Gasteiger partial charge in [-0.1, -0.05) is 22.0 Å². The quantitative estimate of drug-likeness (QED) is 0.551. The van der Waals surface area contributed by atoms with Gasteiger partial charge in [0.1, 0.15) is 10.7 Å². The highest BCUT2D eigenvalue weighted by atomic mass is 35.5. The van der Waals surface area contributed by atoms with E-state index in [9.17, 15) is 5.11 Å². The fourth-order valence-corrected chi connectivity index (χ4v) is 2.79. The molecule has 0 fully saturated rings. The molecule has 0 aliphatic carbocycles. The molecule has 132 valence electrons. The molecule has 0 atom stereocenters. The van der Waals surface area contributed by atoms with Crippen LogP contribution in [0.25, 0.3) is 33.9 Å². The maximum Gasteiger partial charge on any atom is 0.261 e. The molecule has 8 nitrogen and oxygen atoms in total. The van der Waals surface area contributed by atoms with E-state index in [4.69, 9.17) is 16.1 Å². The molecule has 1 N–H and O–H groups in total. The number of benzene rings is 1. The zero-order valence-corrected chi connectivity index (χ0v) is 14.8. The molecule has 3 aromatic heterocycles.